The van der Waals surface area contributed by atoms with Crippen LogP contribution in [0.2, 0.25) is 0 Å². The Balaban J connectivity index is 1.93. The summed E-state index contributed by atoms with van der Waals surface area (Å²) < 4.78 is 0. The number of nitriles is 2. The van der Waals surface area contributed by atoms with Gasteiger partial charge in [0.15, 0.2) is 0 Å². The van der Waals surface area contributed by atoms with E-state index in [0.29, 0.717) is 29.7 Å². The number of carbonyl (C=O) groups excluding carboxylic acids is 1. The molecule has 0 saturated heterocycles. The van der Waals surface area contributed by atoms with Crippen LogP contribution in [-0.2, 0) is 11.2 Å². The number of benzene rings is 2. The van der Waals surface area contributed by atoms with Crippen LogP contribution in [-0.4, -0.2) is 5.91 Å². The van der Waals surface area contributed by atoms with E-state index in [2.05, 4.69) is 11.4 Å². The van der Waals surface area contributed by atoms with Crippen LogP contribution in [0.25, 0.3) is 0 Å². The zero-order chi connectivity index (χ0) is 15.1. The standard InChI is InChI=1S/C17H13N3O/c18-11-13-5-8-16(9-6-13)20-17(21)10-7-14-3-1-2-4-15(14)12-19/h1-6,8-9H,7,10H2,(H,20,21). The van der Waals surface area contributed by atoms with Gasteiger partial charge in [0.1, 0.15) is 0 Å². The molecule has 2 rings (SSSR count). The number of amides is 1. The van der Waals surface area contributed by atoms with E-state index in [-0.39, 0.29) is 5.91 Å². The summed E-state index contributed by atoms with van der Waals surface area (Å²) in [5.41, 5.74) is 2.68. The van der Waals surface area contributed by atoms with E-state index < -0.39 is 0 Å². The summed E-state index contributed by atoms with van der Waals surface area (Å²) in [6.07, 6.45) is 0.824. The van der Waals surface area contributed by atoms with Gasteiger partial charge in [-0.15, -0.1) is 0 Å². The van der Waals surface area contributed by atoms with Crippen molar-refractivity contribution in [3.63, 3.8) is 0 Å². The van der Waals surface area contributed by atoms with Crippen LogP contribution in [0, 0.1) is 22.7 Å². The van der Waals surface area contributed by atoms with Crippen molar-refractivity contribution in [2.45, 2.75) is 12.8 Å². The topological polar surface area (TPSA) is 76.7 Å². The fourth-order valence-corrected chi connectivity index (χ4v) is 1.95. The molecule has 0 radical (unpaired) electrons. The molecule has 0 atom stereocenters. The highest BCUT2D eigenvalue weighted by atomic mass is 16.1. The number of nitrogens with one attached hydrogen (secondary N) is 1. The SMILES string of the molecule is N#Cc1ccc(NC(=O)CCc2ccccc2C#N)cc1. The van der Waals surface area contributed by atoms with Crippen molar-refractivity contribution in [2.75, 3.05) is 5.32 Å². The molecule has 2 aromatic rings. The van der Waals surface area contributed by atoms with Crippen molar-refractivity contribution in [1.29, 1.82) is 10.5 Å². The molecule has 0 aliphatic carbocycles. The lowest BCUT2D eigenvalue weighted by Crippen LogP contribution is -2.12. The van der Waals surface area contributed by atoms with Crippen molar-refractivity contribution < 1.29 is 4.79 Å². The molecule has 21 heavy (non-hydrogen) atoms. The van der Waals surface area contributed by atoms with Crippen LogP contribution < -0.4 is 5.32 Å². The summed E-state index contributed by atoms with van der Waals surface area (Å²) >= 11 is 0. The van der Waals surface area contributed by atoms with Crippen molar-refractivity contribution in [3.05, 3.63) is 65.2 Å². The van der Waals surface area contributed by atoms with E-state index in [9.17, 15) is 4.79 Å². The molecule has 4 heteroatoms. The second-order valence-electron chi connectivity index (χ2n) is 4.51. The molecule has 1 amide bonds. The number of hydrogen-bond acceptors (Lipinski definition) is 3. The lowest BCUT2D eigenvalue weighted by molar-refractivity contribution is -0.116. The third-order valence-electron chi connectivity index (χ3n) is 3.06. The van der Waals surface area contributed by atoms with Gasteiger partial charge in [-0.3, -0.25) is 4.79 Å². The Morgan fingerprint density at radius 1 is 1.00 bits per heavy atom. The van der Waals surface area contributed by atoms with Crippen molar-refractivity contribution in [3.8, 4) is 12.1 Å². The van der Waals surface area contributed by atoms with Crippen LogP contribution in [0.15, 0.2) is 48.5 Å². The Labute approximate surface area is 123 Å². The highest BCUT2D eigenvalue weighted by Crippen LogP contribution is 2.12. The van der Waals surface area contributed by atoms with E-state index in [0.717, 1.165) is 5.56 Å². The molecule has 0 aliphatic rings. The molecule has 4 nitrogen and oxygen atoms in total. The Bertz CT molecular complexity index is 721. The first-order valence-corrected chi connectivity index (χ1v) is 6.51. The van der Waals surface area contributed by atoms with Gasteiger partial charge in [0.2, 0.25) is 5.91 Å². The molecule has 0 saturated carbocycles. The Kier molecular flexibility index (Phi) is 4.69. The summed E-state index contributed by atoms with van der Waals surface area (Å²) in [6.45, 7) is 0. The van der Waals surface area contributed by atoms with E-state index >= 15 is 0 Å². The number of nitrogens with zero attached hydrogens (tertiary/aromatic N) is 2. The van der Waals surface area contributed by atoms with E-state index in [1.54, 1.807) is 36.4 Å². The van der Waals surface area contributed by atoms with Gasteiger partial charge in [0.25, 0.3) is 0 Å². The average Bonchev–Trinajstić information content (AvgIpc) is 2.54. The summed E-state index contributed by atoms with van der Waals surface area (Å²) in [7, 11) is 0. The van der Waals surface area contributed by atoms with Gasteiger partial charge in [0.05, 0.1) is 23.3 Å². The Hall–Kier alpha value is -3.11. The van der Waals surface area contributed by atoms with Crippen LogP contribution in [0.4, 0.5) is 5.69 Å². The molecular formula is C17H13N3O. The molecule has 0 spiro atoms. The van der Waals surface area contributed by atoms with Gasteiger partial charge in [-0.05, 0) is 42.3 Å². The predicted octanol–water partition coefficient (Wildman–Crippen LogP) is 3.00. The minimum absolute atomic E-state index is 0.118. The maximum Gasteiger partial charge on any atom is 0.224 e. The molecule has 102 valence electrons. The molecule has 0 aliphatic heterocycles. The summed E-state index contributed by atoms with van der Waals surface area (Å²) in [6, 6.07) is 18.1. The van der Waals surface area contributed by atoms with Gasteiger partial charge < -0.3 is 5.32 Å². The number of carbonyl (C=O) groups is 1. The first-order valence-electron chi connectivity index (χ1n) is 6.51. The molecule has 0 heterocycles. The normalized spacial score (nSPS) is 9.43. The summed E-state index contributed by atoms with van der Waals surface area (Å²) in [4.78, 5) is 11.9. The third kappa shape index (κ3) is 3.92. The maximum atomic E-state index is 11.9. The monoisotopic (exact) mass is 275 g/mol. The second kappa shape index (κ2) is 6.88. The van der Waals surface area contributed by atoms with Gasteiger partial charge in [-0.1, -0.05) is 18.2 Å². The molecule has 0 unspecified atom stereocenters. The predicted molar refractivity (Wildman–Crippen MR) is 79.3 cm³/mol. The van der Waals surface area contributed by atoms with E-state index in [1.165, 1.54) is 0 Å². The first-order chi connectivity index (χ1) is 10.2. The average molecular weight is 275 g/mol. The van der Waals surface area contributed by atoms with Crippen LogP contribution in [0.5, 0.6) is 0 Å². The van der Waals surface area contributed by atoms with E-state index in [1.807, 2.05) is 18.2 Å². The lowest BCUT2D eigenvalue weighted by Gasteiger charge is -2.06. The lowest BCUT2D eigenvalue weighted by atomic mass is 10.0. The Morgan fingerprint density at radius 3 is 2.38 bits per heavy atom. The highest BCUT2D eigenvalue weighted by molar-refractivity contribution is 5.90. The Morgan fingerprint density at radius 2 is 1.71 bits per heavy atom. The van der Waals surface area contributed by atoms with Crippen LogP contribution in [0.3, 0.4) is 0 Å². The molecule has 2 aromatic carbocycles. The second-order valence-corrected chi connectivity index (χ2v) is 4.51. The van der Waals surface area contributed by atoms with Gasteiger partial charge in [0, 0.05) is 12.1 Å². The quantitative estimate of drug-likeness (QED) is 0.931. The van der Waals surface area contributed by atoms with Gasteiger partial charge in [-0.2, -0.15) is 10.5 Å². The third-order valence-corrected chi connectivity index (χ3v) is 3.06. The minimum Gasteiger partial charge on any atom is -0.326 e. The molecular weight excluding hydrogens is 262 g/mol. The van der Waals surface area contributed by atoms with Crippen LogP contribution >= 0.6 is 0 Å². The zero-order valence-electron chi connectivity index (χ0n) is 11.3. The van der Waals surface area contributed by atoms with Gasteiger partial charge >= 0.3 is 0 Å². The molecule has 1 N–H and O–H groups in total. The fourth-order valence-electron chi connectivity index (χ4n) is 1.95. The maximum absolute atomic E-state index is 11.9. The summed E-state index contributed by atoms with van der Waals surface area (Å²) in [5.74, 6) is -0.118. The van der Waals surface area contributed by atoms with Crippen molar-refractivity contribution in [1.82, 2.24) is 0 Å². The zero-order valence-corrected chi connectivity index (χ0v) is 11.3. The number of aryl methyl sites for hydroxylation is 1. The molecule has 0 bridgehead atoms. The van der Waals surface area contributed by atoms with Gasteiger partial charge in [-0.25, -0.2) is 0 Å². The highest BCUT2D eigenvalue weighted by Gasteiger charge is 2.06. The number of anilines is 1. The van der Waals surface area contributed by atoms with E-state index in [4.69, 9.17) is 10.5 Å². The molecule has 0 aromatic heterocycles. The summed E-state index contributed by atoms with van der Waals surface area (Å²) in [5, 5.41) is 20.5. The molecule has 0 fully saturated rings. The largest absolute Gasteiger partial charge is 0.326 e. The number of rotatable bonds is 4. The fraction of sp³-hybridized carbons (Fsp3) is 0.118. The van der Waals surface area contributed by atoms with Crippen LogP contribution in [0.1, 0.15) is 23.1 Å². The van der Waals surface area contributed by atoms with Crippen molar-refractivity contribution in [2.24, 2.45) is 0 Å². The number of hydrogen-bond donors (Lipinski definition) is 1. The van der Waals surface area contributed by atoms with Crippen molar-refractivity contribution >= 4 is 11.6 Å². The smallest absolute Gasteiger partial charge is 0.224 e. The first kappa shape index (κ1) is 14.3. The minimum atomic E-state index is -0.118.